The minimum Gasteiger partial charge on any atom is -0.463 e. The molecule has 2 aromatic rings. The van der Waals surface area contributed by atoms with Crippen LogP contribution in [-0.2, 0) is 0 Å². The number of pyridine rings is 1. The highest BCUT2D eigenvalue weighted by Crippen LogP contribution is 2.15. The summed E-state index contributed by atoms with van der Waals surface area (Å²) in [4.78, 5) is 26.4. The van der Waals surface area contributed by atoms with Crippen molar-refractivity contribution in [2.75, 3.05) is 6.54 Å². The number of nitrogens with two attached hydrogens (primary N) is 1. The van der Waals surface area contributed by atoms with Crippen LogP contribution in [-0.4, -0.2) is 23.0 Å². The van der Waals surface area contributed by atoms with E-state index < -0.39 is 17.0 Å². The molecule has 0 aliphatic heterocycles. The van der Waals surface area contributed by atoms with Crippen molar-refractivity contribution < 1.29 is 9.21 Å². The predicted molar refractivity (Wildman–Crippen MR) is 75.4 cm³/mol. The smallest absolute Gasteiger partial charge is 0.261 e. The van der Waals surface area contributed by atoms with Gasteiger partial charge in [0.25, 0.3) is 11.5 Å². The minimum atomic E-state index is -0.531. The van der Waals surface area contributed by atoms with Gasteiger partial charge in [0.1, 0.15) is 11.3 Å². The molecule has 0 spiro atoms. The summed E-state index contributed by atoms with van der Waals surface area (Å²) in [6.45, 7) is 3.86. The number of carbonyl (C=O) groups excluding carboxylic acids is 1. The van der Waals surface area contributed by atoms with E-state index in [4.69, 9.17) is 10.2 Å². The summed E-state index contributed by atoms with van der Waals surface area (Å²) in [5.41, 5.74) is 5.35. The lowest BCUT2D eigenvalue weighted by Gasteiger charge is -2.18. The molecule has 0 saturated carbocycles. The molecule has 2 heterocycles. The van der Waals surface area contributed by atoms with Crippen molar-refractivity contribution in [1.82, 2.24) is 10.3 Å². The van der Waals surface area contributed by atoms with Gasteiger partial charge in [-0.1, -0.05) is 0 Å². The van der Waals surface area contributed by atoms with Crippen molar-refractivity contribution >= 4 is 5.91 Å². The van der Waals surface area contributed by atoms with Crippen LogP contribution < -0.4 is 16.6 Å². The highest BCUT2D eigenvalue weighted by atomic mass is 16.3. The number of nitrogens with one attached hydrogen (secondary N) is 2. The topological polar surface area (TPSA) is 101 Å². The summed E-state index contributed by atoms with van der Waals surface area (Å²) in [6, 6.07) is 6.54. The Kier molecular flexibility index (Phi) is 3.76. The molecule has 0 atom stereocenters. The average molecular weight is 275 g/mol. The Labute approximate surface area is 116 Å². The van der Waals surface area contributed by atoms with Crippen LogP contribution >= 0.6 is 0 Å². The molecule has 0 aliphatic rings. The molecule has 0 aromatic carbocycles. The van der Waals surface area contributed by atoms with Gasteiger partial charge in [-0.05, 0) is 38.1 Å². The zero-order valence-corrected chi connectivity index (χ0v) is 11.4. The van der Waals surface area contributed by atoms with Gasteiger partial charge >= 0.3 is 0 Å². The summed E-state index contributed by atoms with van der Waals surface area (Å²) >= 11 is 0. The number of aromatic nitrogens is 1. The molecule has 2 rings (SSSR count). The molecule has 20 heavy (non-hydrogen) atoms. The maximum Gasteiger partial charge on any atom is 0.261 e. The second-order valence-corrected chi connectivity index (χ2v) is 5.26. The van der Waals surface area contributed by atoms with Gasteiger partial charge in [-0.3, -0.25) is 9.59 Å². The molecule has 6 nitrogen and oxygen atoms in total. The van der Waals surface area contributed by atoms with Gasteiger partial charge in [0, 0.05) is 12.1 Å². The zero-order chi connectivity index (χ0) is 14.8. The van der Waals surface area contributed by atoms with Gasteiger partial charge in [-0.25, -0.2) is 0 Å². The lowest BCUT2D eigenvalue weighted by Crippen LogP contribution is -2.45. The van der Waals surface area contributed by atoms with Crippen molar-refractivity contribution in [3.05, 3.63) is 46.4 Å². The first-order chi connectivity index (χ1) is 9.37. The molecule has 0 fully saturated rings. The van der Waals surface area contributed by atoms with Crippen molar-refractivity contribution in [2.45, 2.75) is 19.4 Å². The predicted octanol–water partition coefficient (Wildman–Crippen LogP) is 1.10. The Morgan fingerprint density at radius 2 is 2.15 bits per heavy atom. The van der Waals surface area contributed by atoms with Gasteiger partial charge in [0.2, 0.25) is 0 Å². The number of aromatic amines is 1. The number of hydrogen-bond donors (Lipinski definition) is 3. The molecule has 0 radical (unpaired) electrons. The third kappa shape index (κ3) is 3.36. The molecular weight excluding hydrogens is 258 g/mol. The van der Waals surface area contributed by atoms with Crippen LogP contribution in [0.2, 0.25) is 0 Å². The minimum absolute atomic E-state index is 0.0459. The zero-order valence-electron chi connectivity index (χ0n) is 11.4. The molecule has 0 aliphatic carbocycles. The average Bonchev–Trinajstić information content (AvgIpc) is 2.88. The molecule has 106 valence electrons. The highest BCUT2D eigenvalue weighted by Gasteiger charge is 2.16. The van der Waals surface area contributed by atoms with E-state index in [1.165, 1.54) is 12.3 Å². The molecule has 4 N–H and O–H groups in total. The first-order valence-electron chi connectivity index (χ1n) is 6.21. The molecule has 0 unspecified atom stereocenters. The fourth-order valence-corrected chi connectivity index (χ4v) is 1.63. The van der Waals surface area contributed by atoms with Crippen molar-refractivity contribution in [2.24, 2.45) is 5.73 Å². The molecule has 0 bridgehead atoms. The summed E-state index contributed by atoms with van der Waals surface area (Å²) in [6.07, 6.45) is 1.51. The third-order valence-corrected chi connectivity index (χ3v) is 2.65. The van der Waals surface area contributed by atoms with Crippen LogP contribution in [0.1, 0.15) is 24.2 Å². The first kappa shape index (κ1) is 14.1. The van der Waals surface area contributed by atoms with E-state index in [1.54, 1.807) is 32.0 Å². The molecule has 6 heteroatoms. The fourth-order valence-electron chi connectivity index (χ4n) is 1.63. The Bertz CT molecular complexity index is 651. The van der Waals surface area contributed by atoms with E-state index in [-0.39, 0.29) is 12.1 Å². The van der Waals surface area contributed by atoms with E-state index in [1.807, 2.05) is 0 Å². The van der Waals surface area contributed by atoms with Crippen LogP contribution in [0.3, 0.4) is 0 Å². The number of carbonyl (C=O) groups is 1. The molecule has 2 aromatic heterocycles. The summed E-state index contributed by atoms with van der Waals surface area (Å²) < 4.78 is 5.18. The van der Waals surface area contributed by atoms with Crippen LogP contribution in [0.5, 0.6) is 0 Å². The van der Waals surface area contributed by atoms with Crippen LogP contribution in [0.4, 0.5) is 0 Å². The normalized spacial score (nSPS) is 11.3. The standard InChI is InChI=1S/C14H17N3O3/c1-14(2,15)8-16-12(18)9-5-6-10(17-13(9)19)11-4-3-7-20-11/h3-7H,8,15H2,1-2H3,(H,16,18)(H,17,19). The van der Waals surface area contributed by atoms with Gasteiger partial charge in [-0.15, -0.1) is 0 Å². The van der Waals surface area contributed by atoms with Gasteiger partial charge in [-0.2, -0.15) is 0 Å². The van der Waals surface area contributed by atoms with E-state index in [9.17, 15) is 9.59 Å². The van der Waals surface area contributed by atoms with Crippen molar-refractivity contribution in [1.29, 1.82) is 0 Å². The third-order valence-electron chi connectivity index (χ3n) is 2.65. The quantitative estimate of drug-likeness (QED) is 0.777. The number of amides is 1. The molecule has 1 amide bonds. The summed E-state index contributed by atoms with van der Waals surface area (Å²) in [5, 5.41) is 2.63. The van der Waals surface area contributed by atoms with E-state index >= 15 is 0 Å². The maximum atomic E-state index is 11.9. The number of rotatable bonds is 4. The van der Waals surface area contributed by atoms with E-state index in [2.05, 4.69) is 10.3 Å². The Balaban J connectivity index is 2.18. The van der Waals surface area contributed by atoms with Crippen LogP contribution in [0, 0.1) is 0 Å². The molecular formula is C14H17N3O3. The van der Waals surface area contributed by atoms with E-state index in [0.717, 1.165) is 0 Å². The van der Waals surface area contributed by atoms with Crippen molar-refractivity contribution in [3.8, 4) is 11.5 Å². The first-order valence-corrected chi connectivity index (χ1v) is 6.21. The largest absolute Gasteiger partial charge is 0.463 e. The summed E-state index contributed by atoms with van der Waals surface area (Å²) in [7, 11) is 0. The SMILES string of the molecule is CC(C)(N)CNC(=O)c1ccc(-c2ccco2)[nH]c1=O. The fraction of sp³-hybridized carbons (Fsp3) is 0.286. The monoisotopic (exact) mass is 275 g/mol. The van der Waals surface area contributed by atoms with Gasteiger partial charge in [0.15, 0.2) is 0 Å². The van der Waals surface area contributed by atoms with Crippen LogP contribution in [0.25, 0.3) is 11.5 Å². The van der Waals surface area contributed by atoms with E-state index in [0.29, 0.717) is 11.5 Å². The highest BCUT2D eigenvalue weighted by molar-refractivity contribution is 5.94. The second-order valence-electron chi connectivity index (χ2n) is 5.26. The number of H-pyrrole nitrogens is 1. The number of hydrogen-bond acceptors (Lipinski definition) is 4. The van der Waals surface area contributed by atoms with Crippen molar-refractivity contribution in [3.63, 3.8) is 0 Å². The lowest BCUT2D eigenvalue weighted by atomic mass is 10.1. The van der Waals surface area contributed by atoms with Crippen LogP contribution in [0.15, 0.2) is 39.7 Å². The van der Waals surface area contributed by atoms with Gasteiger partial charge < -0.3 is 20.5 Å². The summed E-state index contributed by atoms with van der Waals surface area (Å²) in [5.74, 6) is 0.0907. The second kappa shape index (κ2) is 5.34. The maximum absolute atomic E-state index is 11.9. The lowest BCUT2D eigenvalue weighted by molar-refractivity contribution is 0.0944. The Morgan fingerprint density at radius 1 is 1.40 bits per heavy atom. The molecule has 0 saturated heterocycles. The Hall–Kier alpha value is -2.34. The Morgan fingerprint density at radius 3 is 2.70 bits per heavy atom. The van der Waals surface area contributed by atoms with Gasteiger partial charge in [0.05, 0.1) is 12.0 Å². The number of furan rings is 1.